The fourth-order valence-electron chi connectivity index (χ4n) is 2.38. The SMILES string of the molecule is Cc1ccc(NCCNc2ccc(S(C)(=O)=O)cc2[N+](=O)[O-])c([N+](=O)[O-])c1. The first kappa shape index (κ1) is 20.1. The van der Waals surface area contributed by atoms with Crippen LogP contribution in [0.15, 0.2) is 41.3 Å². The van der Waals surface area contributed by atoms with Crippen LogP contribution in [0, 0.1) is 27.2 Å². The highest BCUT2D eigenvalue weighted by molar-refractivity contribution is 7.90. The number of aryl methyl sites for hydroxylation is 1. The van der Waals surface area contributed by atoms with E-state index in [0.29, 0.717) is 5.69 Å². The lowest BCUT2D eigenvalue weighted by Gasteiger charge is -2.10. The third-order valence-corrected chi connectivity index (χ3v) is 4.81. The van der Waals surface area contributed by atoms with Gasteiger partial charge in [0.2, 0.25) is 0 Å². The quantitative estimate of drug-likeness (QED) is 0.395. The van der Waals surface area contributed by atoms with Gasteiger partial charge in [-0.25, -0.2) is 8.42 Å². The van der Waals surface area contributed by atoms with Crippen LogP contribution in [-0.2, 0) is 9.84 Å². The van der Waals surface area contributed by atoms with Gasteiger partial charge in [-0.1, -0.05) is 6.07 Å². The van der Waals surface area contributed by atoms with Crippen LogP contribution in [0.25, 0.3) is 0 Å². The smallest absolute Gasteiger partial charge is 0.293 e. The molecule has 0 saturated heterocycles. The standard InChI is InChI=1S/C16H18N4O6S/c1-11-3-5-13(15(9-11)19(21)22)17-7-8-18-14-6-4-12(27(2,25)26)10-16(14)20(23)24/h3-6,9-10,17-18H,7-8H2,1-2H3. The van der Waals surface area contributed by atoms with Crippen molar-refractivity contribution in [3.63, 3.8) is 0 Å². The van der Waals surface area contributed by atoms with Crippen molar-refractivity contribution in [3.05, 3.63) is 62.2 Å². The van der Waals surface area contributed by atoms with E-state index < -0.39 is 19.7 Å². The molecule has 0 aliphatic carbocycles. The molecule has 0 aliphatic rings. The summed E-state index contributed by atoms with van der Waals surface area (Å²) >= 11 is 0. The molecule has 0 heterocycles. The van der Waals surface area contributed by atoms with Gasteiger partial charge in [0, 0.05) is 31.5 Å². The third kappa shape index (κ3) is 5.14. The first-order valence-corrected chi connectivity index (χ1v) is 9.70. The highest BCUT2D eigenvalue weighted by Gasteiger charge is 2.18. The maximum absolute atomic E-state index is 11.5. The van der Waals surface area contributed by atoms with Crippen molar-refractivity contribution in [2.75, 3.05) is 30.0 Å². The van der Waals surface area contributed by atoms with Crippen LogP contribution < -0.4 is 10.6 Å². The predicted octanol–water partition coefficient (Wildman–Crippen LogP) is 2.74. The number of benzene rings is 2. The number of nitrogens with zero attached hydrogens (tertiary/aromatic N) is 2. The number of hydrogen-bond acceptors (Lipinski definition) is 8. The molecule has 2 N–H and O–H groups in total. The van der Waals surface area contributed by atoms with Crippen molar-refractivity contribution in [2.24, 2.45) is 0 Å². The number of hydrogen-bond donors (Lipinski definition) is 2. The van der Waals surface area contributed by atoms with E-state index in [4.69, 9.17) is 0 Å². The summed E-state index contributed by atoms with van der Waals surface area (Å²) in [5.41, 5.74) is 0.839. The van der Waals surface area contributed by atoms with Crippen molar-refractivity contribution < 1.29 is 18.3 Å². The second-order valence-electron chi connectivity index (χ2n) is 5.84. The monoisotopic (exact) mass is 394 g/mol. The highest BCUT2D eigenvalue weighted by atomic mass is 32.2. The number of sulfone groups is 1. The van der Waals surface area contributed by atoms with E-state index in [2.05, 4.69) is 10.6 Å². The van der Waals surface area contributed by atoms with Gasteiger partial charge in [0.05, 0.1) is 14.7 Å². The summed E-state index contributed by atoms with van der Waals surface area (Å²) < 4.78 is 23.1. The summed E-state index contributed by atoms with van der Waals surface area (Å²) in [6, 6.07) is 8.38. The minimum absolute atomic E-state index is 0.0570. The fraction of sp³-hybridized carbons (Fsp3) is 0.250. The summed E-state index contributed by atoms with van der Waals surface area (Å²) in [5, 5.41) is 28.0. The largest absolute Gasteiger partial charge is 0.378 e. The van der Waals surface area contributed by atoms with Gasteiger partial charge in [-0.2, -0.15) is 0 Å². The van der Waals surface area contributed by atoms with E-state index >= 15 is 0 Å². The van der Waals surface area contributed by atoms with E-state index in [9.17, 15) is 28.6 Å². The van der Waals surface area contributed by atoms with Crippen LogP contribution in [0.4, 0.5) is 22.7 Å². The molecule has 144 valence electrons. The Kier molecular flexibility index (Phi) is 5.95. The maximum atomic E-state index is 11.5. The van der Waals surface area contributed by atoms with E-state index in [-0.39, 0.29) is 35.0 Å². The summed E-state index contributed by atoms with van der Waals surface area (Å²) in [5.74, 6) is 0. The lowest BCUT2D eigenvalue weighted by molar-refractivity contribution is -0.384. The molecule has 0 unspecified atom stereocenters. The van der Waals surface area contributed by atoms with Crippen LogP contribution in [0.3, 0.4) is 0 Å². The first-order chi connectivity index (χ1) is 12.6. The van der Waals surface area contributed by atoms with Crippen molar-refractivity contribution in [3.8, 4) is 0 Å². The molecule has 10 nitrogen and oxygen atoms in total. The van der Waals surface area contributed by atoms with Gasteiger partial charge in [-0.05, 0) is 30.7 Å². The van der Waals surface area contributed by atoms with Gasteiger partial charge in [0.25, 0.3) is 11.4 Å². The van der Waals surface area contributed by atoms with Gasteiger partial charge in [0.1, 0.15) is 11.4 Å². The number of rotatable bonds is 8. The Morgan fingerprint density at radius 1 is 0.889 bits per heavy atom. The van der Waals surface area contributed by atoms with Crippen LogP contribution in [0.2, 0.25) is 0 Å². The number of nitrogens with one attached hydrogen (secondary N) is 2. The number of nitro groups is 2. The zero-order chi connectivity index (χ0) is 20.2. The molecule has 2 aromatic carbocycles. The Morgan fingerprint density at radius 3 is 1.85 bits per heavy atom. The minimum atomic E-state index is -3.56. The molecule has 27 heavy (non-hydrogen) atoms. The van der Waals surface area contributed by atoms with Crippen LogP contribution >= 0.6 is 0 Å². The molecule has 0 aliphatic heterocycles. The van der Waals surface area contributed by atoms with Crippen molar-refractivity contribution in [2.45, 2.75) is 11.8 Å². The Hall–Kier alpha value is -3.21. The molecule has 0 bridgehead atoms. The molecule has 11 heteroatoms. The molecule has 0 spiro atoms. The fourth-order valence-corrected chi connectivity index (χ4v) is 3.02. The molecule has 0 atom stereocenters. The third-order valence-electron chi connectivity index (χ3n) is 3.70. The average molecular weight is 394 g/mol. The second-order valence-corrected chi connectivity index (χ2v) is 7.86. The van der Waals surface area contributed by atoms with Gasteiger partial charge < -0.3 is 10.6 Å². The van der Waals surface area contributed by atoms with Gasteiger partial charge in [-0.3, -0.25) is 20.2 Å². The molecular formula is C16H18N4O6S. The average Bonchev–Trinajstić information content (AvgIpc) is 2.58. The summed E-state index contributed by atoms with van der Waals surface area (Å²) in [6.45, 7) is 2.23. The Labute approximate surface area is 155 Å². The van der Waals surface area contributed by atoms with Crippen molar-refractivity contribution >= 4 is 32.6 Å². The zero-order valence-electron chi connectivity index (χ0n) is 14.6. The van der Waals surface area contributed by atoms with E-state index in [1.54, 1.807) is 19.1 Å². The summed E-state index contributed by atoms with van der Waals surface area (Å²) in [7, 11) is -3.56. The molecule has 2 aromatic rings. The van der Waals surface area contributed by atoms with E-state index in [1.165, 1.54) is 18.2 Å². The summed E-state index contributed by atoms with van der Waals surface area (Å²) in [4.78, 5) is 21.0. The number of nitro benzene ring substituents is 2. The molecule has 0 saturated carbocycles. The highest BCUT2D eigenvalue weighted by Crippen LogP contribution is 2.28. The van der Waals surface area contributed by atoms with Gasteiger partial charge >= 0.3 is 0 Å². The molecule has 0 amide bonds. The van der Waals surface area contributed by atoms with E-state index in [0.717, 1.165) is 17.9 Å². The first-order valence-electron chi connectivity index (χ1n) is 7.81. The second kappa shape index (κ2) is 7.99. The normalized spacial score (nSPS) is 11.0. The van der Waals surface area contributed by atoms with Crippen molar-refractivity contribution in [1.29, 1.82) is 0 Å². The minimum Gasteiger partial charge on any atom is -0.378 e. The molecule has 0 radical (unpaired) electrons. The zero-order valence-corrected chi connectivity index (χ0v) is 15.4. The molecule has 2 rings (SSSR count). The lowest BCUT2D eigenvalue weighted by atomic mass is 10.2. The topological polar surface area (TPSA) is 144 Å². The van der Waals surface area contributed by atoms with Gasteiger partial charge in [0.15, 0.2) is 9.84 Å². The van der Waals surface area contributed by atoms with Gasteiger partial charge in [-0.15, -0.1) is 0 Å². The Balaban J connectivity index is 2.08. The maximum Gasteiger partial charge on any atom is 0.293 e. The molecule has 0 aromatic heterocycles. The van der Waals surface area contributed by atoms with Crippen molar-refractivity contribution in [1.82, 2.24) is 0 Å². The summed E-state index contributed by atoms with van der Waals surface area (Å²) in [6.07, 6.45) is 0.970. The lowest BCUT2D eigenvalue weighted by Crippen LogP contribution is -2.15. The van der Waals surface area contributed by atoms with E-state index in [1.807, 2.05) is 0 Å². The van der Waals surface area contributed by atoms with Crippen LogP contribution in [0.1, 0.15) is 5.56 Å². The molecular weight excluding hydrogens is 376 g/mol. The predicted molar refractivity (Wildman–Crippen MR) is 101 cm³/mol. The Morgan fingerprint density at radius 2 is 1.37 bits per heavy atom. The van der Waals surface area contributed by atoms with Crippen LogP contribution in [0.5, 0.6) is 0 Å². The van der Waals surface area contributed by atoms with Crippen LogP contribution in [-0.4, -0.2) is 37.6 Å². The Bertz CT molecular complexity index is 990. The molecule has 0 fully saturated rings. The number of anilines is 2.